The number of benzene rings is 1. The van der Waals surface area contributed by atoms with E-state index in [0.29, 0.717) is 4.90 Å². The van der Waals surface area contributed by atoms with Gasteiger partial charge in [0.05, 0.1) is 10.3 Å². The van der Waals surface area contributed by atoms with Gasteiger partial charge in [-0.3, -0.25) is 0 Å². The second-order valence-corrected chi connectivity index (χ2v) is 9.50. The Morgan fingerprint density at radius 3 is 2.00 bits per heavy atom. The highest BCUT2D eigenvalue weighted by atomic mass is 32.3. The van der Waals surface area contributed by atoms with Crippen LogP contribution in [-0.4, -0.2) is 27.5 Å². The van der Waals surface area contributed by atoms with Crippen LogP contribution in [-0.2, 0) is 13.4 Å². The van der Waals surface area contributed by atoms with Crippen molar-refractivity contribution in [2.75, 3.05) is 18.8 Å². The van der Waals surface area contributed by atoms with Gasteiger partial charge in [0, 0.05) is 18.8 Å². The quantitative estimate of drug-likeness (QED) is 0.647. The maximum Gasteiger partial charge on any atom is 0.453 e. The van der Waals surface area contributed by atoms with E-state index in [9.17, 15) is 8.76 Å². The summed E-state index contributed by atoms with van der Waals surface area (Å²) in [5.74, 6) is 0. The predicted octanol–water partition coefficient (Wildman–Crippen LogP) is 2.60. The average Bonchev–Trinajstić information content (AvgIpc) is 2.00. The molecule has 0 aliphatic rings. The lowest BCUT2D eigenvalue weighted by molar-refractivity contribution is 0.361. The summed E-state index contributed by atoms with van der Waals surface area (Å²) in [5, 5.41) is 0. The van der Waals surface area contributed by atoms with Gasteiger partial charge in [-0.2, -0.15) is 0 Å². The van der Waals surface area contributed by atoms with Gasteiger partial charge in [-0.25, -0.2) is 4.55 Å². The third-order valence-electron chi connectivity index (χ3n) is 1.62. The first-order chi connectivity index (χ1) is 6.71. The van der Waals surface area contributed by atoms with Crippen LogP contribution in [0.2, 0.25) is 0 Å². The van der Waals surface area contributed by atoms with E-state index >= 15 is 0 Å². The fraction of sp³-hybridized carbons (Fsp3) is 0.400. The number of aryl methyl sites for hydroxylation is 1. The van der Waals surface area contributed by atoms with E-state index in [1.54, 1.807) is 24.3 Å². The Balaban J connectivity index is 3.23. The van der Waals surface area contributed by atoms with Crippen LogP contribution in [0.5, 0.6) is 0 Å². The van der Waals surface area contributed by atoms with Crippen molar-refractivity contribution in [1.82, 2.24) is 0 Å². The van der Waals surface area contributed by atoms with Gasteiger partial charge in [-0.15, -0.1) is 7.49 Å². The summed E-state index contributed by atoms with van der Waals surface area (Å²) in [6.45, 7) is 1.93. The maximum absolute atomic E-state index is 11.9. The molecule has 1 N–H and O–H groups in total. The minimum absolute atomic E-state index is 0.329. The van der Waals surface area contributed by atoms with Crippen LogP contribution < -0.4 is 0 Å². The third-order valence-corrected chi connectivity index (χ3v) is 4.85. The SMILES string of the molecule is Cc1ccc(S(=O)(O)=[O+]S(C)(C)C)cc1. The predicted molar refractivity (Wildman–Crippen MR) is 66.3 cm³/mol. The van der Waals surface area contributed by atoms with Gasteiger partial charge < -0.3 is 0 Å². The van der Waals surface area contributed by atoms with Gasteiger partial charge in [0.15, 0.2) is 0 Å². The maximum atomic E-state index is 11.9. The van der Waals surface area contributed by atoms with Crippen LogP contribution >= 0.6 is 10.3 Å². The summed E-state index contributed by atoms with van der Waals surface area (Å²) in [4.78, 5) is 0.329. The summed E-state index contributed by atoms with van der Waals surface area (Å²) >= 11 is 0. The fourth-order valence-electron chi connectivity index (χ4n) is 1.03. The fourth-order valence-corrected chi connectivity index (χ4v) is 4.03. The van der Waals surface area contributed by atoms with Gasteiger partial charge in [-0.05, 0) is 19.1 Å². The summed E-state index contributed by atoms with van der Waals surface area (Å²) in [6, 6.07) is 6.85. The molecule has 0 fully saturated rings. The Kier molecular flexibility index (Phi) is 3.48. The average molecular weight is 249 g/mol. The molecule has 0 radical (unpaired) electrons. The first kappa shape index (κ1) is 12.5. The summed E-state index contributed by atoms with van der Waals surface area (Å²) < 4.78 is 26.8. The Bertz CT molecular complexity index is 449. The lowest BCUT2D eigenvalue weighted by atomic mass is 10.2. The number of hydrogen-bond acceptors (Lipinski definition) is 1. The molecule has 0 amide bonds. The van der Waals surface area contributed by atoms with E-state index in [2.05, 4.69) is 0 Å². The van der Waals surface area contributed by atoms with E-state index in [4.69, 9.17) is 3.29 Å². The van der Waals surface area contributed by atoms with Crippen molar-refractivity contribution < 1.29 is 12.0 Å². The largest absolute Gasteiger partial charge is 0.453 e. The van der Waals surface area contributed by atoms with Crippen LogP contribution in [0.3, 0.4) is 0 Å². The second kappa shape index (κ2) is 4.15. The summed E-state index contributed by atoms with van der Waals surface area (Å²) in [5.41, 5.74) is 1.05. The molecule has 0 bridgehead atoms. The molecule has 1 rings (SSSR count). The van der Waals surface area contributed by atoms with Crippen LogP contribution in [0.1, 0.15) is 5.56 Å². The first-order valence-electron chi connectivity index (χ1n) is 4.43. The molecule has 1 unspecified atom stereocenters. The smallest absolute Gasteiger partial charge is 0.241 e. The minimum atomic E-state index is -3.35. The zero-order valence-electron chi connectivity index (χ0n) is 9.39. The molecule has 0 aliphatic carbocycles. The van der Waals surface area contributed by atoms with Gasteiger partial charge >= 0.3 is 10.1 Å². The van der Waals surface area contributed by atoms with Crippen molar-refractivity contribution in [3.8, 4) is 0 Å². The van der Waals surface area contributed by atoms with Crippen molar-refractivity contribution in [2.24, 2.45) is 0 Å². The van der Waals surface area contributed by atoms with Gasteiger partial charge in [0.1, 0.15) is 4.90 Å². The Labute approximate surface area is 93.1 Å². The highest BCUT2D eigenvalue weighted by Gasteiger charge is 2.25. The lowest BCUT2D eigenvalue weighted by Crippen LogP contribution is -2.05. The standard InChI is InChI=1S/C10H16O3S2/c1-9-5-7-10(8-6-9)15(11,12)13-14(2,3)4/h5-8H,1-4H3/p+1. The van der Waals surface area contributed by atoms with Crippen molar-refractivity contribution in [3.63, 3.8) is 0 Å². The van der Waals surface area contributed by atoms with Crippen LogP contribution in [0.4, 0.5) is 0 Å². The van der Waals surface area contributed by atoms with Gasteiger partial charge in [0.2, 0.25) is 0 Å². The van der Waals surface area contributed by atoms with E-state index in [0.717, 1.165) is 5.56 Å². The zero-order chi connectivity index (χ0) is 11.7. The molecule has 0 saturated carbocycles. The Hall–Kier alpha value is -0.520. The Morgan fingerprint density at radius 2 is 1.60 bits per heavy atom. The molecule has 15 heavy (non-hydrogen) atoms. The van der Waals surface area contributed by atoms with Crippen LogP contribution in [0.15, 0.2) is 29.2 Å². The molecule has 86 valence electrons. The summed E-state index contributed by atoms with van der Waals surface area (Å²) in [7, 11) is -4.81. The first-order valence-corrected chi connectivity index (χ1v) is 8.66. The molecule has 0 saturated heterocycles. The monoisotopic (exact) mass is 249 g/mol. The molecule has 1 atom stereocenters. The molecule has 0 aromatic heterocycles. The van der Waals surface area contributed by atoms with Gasteiger partial charge in [0.25, 0.3) is 0 Å². The highest BCUT2D eigenvalue weighted by molar-refractivity contribution is 8.28. The topological polar surface area (TPSA) is 48.6 Å². The molecule has 0 heterocycles. The molecular weight excluding hydrogens is 232 g/mol. The molecule has 5 heteroatoms. The molecule has 3 nitrogen and oxygen atoms in total. The summed E-state index contributed by atoms with van der Waals surface area (Å²) in [6.07, 6.45) is 5.49. The highest BCUT2D eigenvalue weighted by Crippen LogP contribution is 2.34. The van der Waals surface area contributed by atoms with Gasteiger partial charge in [-0.1, -0.05) is 17.7 Å². The minimum Gasteiger partial charge on any atom is -0.241 e. The third kappa shape index (κ3) is 3.85. The zero-order valence-corrected chi connectivity index (χ0v) is 11.0. The molecule has 0 spiro atoms. The number of hydrogen-bond donors (Lipinski definition) is 1. The second-order valence-electron chi connectivity index (χ2n) is 4.08. The van der Waals surface area contributed by atoms with Crippen molar-refractivity contribution in [1.29, 1.82) is 0 Å². The molecular formula is C10H17O3S2+. The van der Waals surface area contributed by atoms with Crippen molar-refractivity contribution >= 4 is 20.4 Å². The van der Waals surface area contributed by atoms with Crippen LogP contribution in [0.25, 0.3) is 0 Å². The van der Waals surface area contributed by atoms with E-state index in [-0.39, 0.29) is 0 Å². The van der Waals surface area contributed by atoms with E-state index in [1.807, 2.05) is 25.7 Å². The molecule has 1 aromatic carbocycles. The van der Waals surface area contributed by atoms with Crippen molar-refractivity contribution in [2.45, 2.75) is 11.8 Å². The van der Waals surface area contributed by atoms with E-state index < -0.39 is 20.4 Å². The van der Waals surface area contributed by atoms with E-state index in [1.165, 1.54) is 0 Å². The number of rotatable bonds is 2. The normalized spacial score (nSPS) is 16.9. The van der Waals surface area contributed by atoms with Crippen LogP contribution in [0, 0.1) is 6.92 Å². The Morgan fingerprint density at radius 1 is 1.13 bits per heavy atom. The van der Waals surface area contributed by atoms with Crippen molar-refractivity contribution in [3.05, 3.63) is 29.8 Å². The molecule has 0 aliphatic heterocycles. The molecule has 1 aromatic rings. The lowest BCUT2D eigenvalue weighted by Gasteiger charge is -2.05.